The summed E-state index contributed by atoms with van der Waals surface area (Å²) >= 11 is 5.23. The standard InChI is InChI=1S/C15H29ClO3S/c1-3-4-5-6-7-8-9-10-11-12-13-20(18,19)14(2)15(16)17/h14H,3-13H2,1-2H3. The molecule has 3 nitrogen and oxygen atoms in total. The van der Waals surface area contributed by atoms with Gasteiger partial charge in [-0.25, -0.2) is 8.42 Å². The monoisotopic (exact) mass is 324 g/mol. The minimum absolute atomic E-state index is 0.0725. The van der Waals surface area contributed by atoms with Gasteiger partial charge in [-0.2, -0.15) is 0 Å². The lowest BCUT2D eigenvalue weighted by Crippen LogP contribution is -2.26. The fourth-order valence-electron chi connectivity index (χ4n) is 2.11. The lowest BCUT2D eigenvalue weighted by Gasteiger charge is -2.08. The Hall–Kier alpha value is -0.0900. The van der Waals surface area contributed by atoms with E-state index in [0.29, 0.717) is 6.42 Å². The van der Waals surface area contributed by atoms with Gasteiger partial charge in [0.2, 0.25) is 5.24 Å². The molecule has 0 aliphatic carbocycles. The van der Waals surface area contributed by atoms with Crippen molar-refractivity contribution in [3.8, 4) is 0 Å². The first-order chi connectivity index (χ1) is 9.41. The van der Waals surface area contributed by atoms with Crippen molar-refractivity contribution in [1.29, 1.82) is 0 Å². The van der Waals surface area contributed by atoms with Gasteiger partial charge in [-0.05, 0) is 24.9 Å². The van der Waals surface area contributed by atoms with Gasteiger partial charge in [0.05, 0.1) is 5.75 Å². The van der Waals surface area contributed by atoms with Gasteiger partial charge in [-0.15, -0.1) is 0 Å². The first-order valence-corrected chi connectivity index (χ1v) is 9.92. The van der Waals surface area contributed by atoms with E-state index in [9.17, 15) is 13.2 Å². The van der Waals surface area contributed by atoms with Crippen LogP contribution in [-0.2, 0) is 14.6 Å². The van der Waals surface area contributed by atoms with Gasteiger partial charge in [-0.3, -0.25) is 4.79 Å². The summed E-state index contributed by atoms with van der Waals surface area (Å²) in [5, 5.41) is -1.85. The maximum atomic E-state index is 11.7. The quantitative estimate of drug-likeness (QED) is 0.371. The number of unbranched alkanes of at least 4 members (excludes halogenated alkanes) is 9. The van der Waals surface area contributed by atoms with Crippen LogP contribution >= 0.6 is 11.6 Å². The van der Waals surface area contributed by atoms with E-state index in [1.54, 1.807) is 0 Å². The van der Waals surface area contributed by atoms with Gasteiger partial charge in [0.1, 0.15) is 5.25 Å². The van der Waals surface area contributed by atoms with Crippen LogP contribution in [0.2, 0.25) is 0 Å². The Bertz CT molecular complexity index is 352. The van der Waals surface area contributed by atoms with Gasteiger partial charge < -0.3 is 0 Å². The number of sulfone groups is 1. The van der Waals surface area contributed by atoms with Crippen LogP contribution in [-0.4, -0.2) is 24.7 Å². The minimum atomic E-state index is -3.35. The summed E-state index contributed by atoms with van der Waals surface area (Å²) in [4.78, 5) is 10.9. The van der Waals surface area contributed by atoms with Gasteiger partial charge in [-0.1, -0.05) is 64.7 Å². The van der Waals surface area contributed by atoms with Crippen molar-refractivity contribution in [2.24, 2.45) is 0 Å². The normalized spacial score (nSPS) is 13.3. The molecule has 0 aliphatic heterocycles. The van der Waals surface area contributed by atoms with Crippen LogP contribution < -0.4 is 0 Å². The number of carbonyl (C=O) groups excluding carboxylic acids is 1. The van der Waals surface area contributed by atoms with E-state index in [2.05, 4.69) is 6.92 Å². The van der Waals surface area contributed by atoms with Gasteiger partial charge in [0.15, 0.2) is 9.84 Å². The molecular weight excluding hydrogens is 296 g/mol. The molecule has 0 N–H and O–H groups in total. The Kier molecular flexibility index (Phi) is 11.5. The molecule has 0 saturated carbocycles. The van der Waals surface area contributed by atoms with E-state index >= 15 is 0 Å². The highest BCUT2D eigenvalue weighted by atomic mass is 35.5. The zero-order valence-electron chi connectivity index (χ0n) is 12.9. The fourth-order valence-corrected chi connectivity index (χ4v) is 3.76. The molecule has 5 heteroatoms. The fraction of sp³-hybridized carbons (Fsp3) is 0.933. The summed E-state index contributed by atoms with van der Waals surface area (Å²) < 4.78 is 23.4. The van der Waals surface area contributed by atoms with Gasteiger partial charge >= 0.3 is 0 Å². The zero-order chi connectivity index (χ0) is 15.4. The summed E-state index contributed by atoms with van der Waals surface area (Å²) in [6, 6.07) is 0. The highest BCUT2D eigenvalue weighted by Crippen LogP contribution is 2.13. The lowest BCUT2D eigenvalue weighted by molar-refractivity contribution is -0.111. The second-order valence-corrected chi connectivity index (χ2v) is 8.31. The van der Waals surface area contributed by atoms with Crippen LogP contribution in [0.1, 0.15) is 78.1 Å². The Morgan fingerprint density at radius 2 is 1.30 bits per heavy atom. The van der Waals surface area contributed by atoms with Crippen molar-refractivity contribution >= 4 is 26.7 Å². The SMILES string of the molecule is CCCCCCCCCCCCS(=O)(=O)C(C)C(=O)Cl. The summed E-state index contributed by atoms with van der Waals surface area (Å²) in [7, 11) is -3.35. The highest BCUT2D eigenvalue weighted by Gasteiger charge is 2.25. The van der Waals surface area contributed by atoms with Crippen LogP contribution in [0.3, 0.4) is 0 Å². The molecule has 0 aromatic rings. The predicted molar refractivity (Wildman–Crippen MR) is 86.0 cm³/mol. The lowest BCUT2D eigenvalue weighted by atomic mass is 10.1. The number of hydrogen-bond donors (Lipinski definition) is 0. The Morgan fingerprint density at radius 1 is 0.900 bits per heavy atom. The molecule has 0 amide bonds. The second-order valence-electron chi connectivity index (χ2n) is 5.50. The number of rotatable bonds is 13. The highest BCUT2D eigenvalue weighted by molar-refractivity contribution is 7.92. The van der Waals surface area contributed by atoms with E-state index in [-0.39, 0.29) is 5.75 Å². The largest absolute Gasteiger partial charge is 0.280 e. The molecule has 0 saturated heterocycles. The molecule has 0 heterocycles. The summed E-state index contributed by atoms with van der Waals surface area (Å²) in [6.07, 6.45) is 11.6. The molecule has 0 spiro atoms. The molecular formula is C15H29ClO3S. The van der Waals surface area contributed by atoms with Crippen LogP contribution in [0, 0.1) is 0 Å². The molecule has 0 radical (unpaired) electrons. The van der Waals surface area contributed by atoms with Crippen LogP contribution in [0.5, 0.6) is 0 Å². The minimum Gasteiger partial charge on any atom is -0.280 e. The molecule has 0 aliphatic rings. The van der Waals surface area contributed by atoms with E-state index in [4.69, 9.17) is 11.6 Å². The predicted octanol–water partition coefficient (Wildman–Crippen LogP) is 4.48. The van der Waals surface area contributed by atoms with Crippen LogP contribution in [0.25, 0.3) is 0 Å². The van der Waals surface area contributed by atoms with Crippen molar-refractivity contribution in [2.75, 3.05) is 5.75 Å². The maximum Gasteiger partial charge on any atom is 0.239 e. The van der Waals surface area contributed by atoms with Crippen molar-refractivity contribution in [2.45, 2.75) is 83.3 Å². The Labute approximate surface area is 129 Å². The van der Waals surface area contributed by atoms with Gasteiger partial charge in [0, 0.05) is 0 Å². The zero-order valence-corrected chi connectivity index (χ0v) is 14.4. The van der Waals surface area contributed by atoms with Crippen molar-refractivity contribution < 1.29 is 13.2 Å². The average Bonchev–Trinajstić information content (AvgIpc) is 2.39. The number of halogens is 1. The first kappa shape index (κ1) is 19.9. The van der Waals surface area contributed by atoms with E-state index in [0.717, 1.165) is 12.8 Å². The third-order valence-corrected chi connectivity index (χ3v) is 6.25. The molecule has 20 heavy (non-hydrogen) atoms. The average molecular weight is 325 g/mol. The van der Waals surface area contributed by atoms with E-state index < -0.39 is 20.3 Å². The Balaban J connectivity index is 3.51. The number of carbonyl (C=O) groups is 1. The Morgan fingerprint density at radius 3 is 1.70 bits per heavy atom. The van der Waals surface area contributed by atoms with Crippen LogP contribution in [0.15, 0.2) is 0 Å². The third kappa shape index (κ3) is 9.76. The molecule has 1 unspecified atom stereocenters. The molecule has 0 fully saturated rings. The summed E-state index contributed by atoms with van der Waals surface area (Å²) in [5.41, 5.74) is 0. The topological polar surface area (TPSA) is 51.2 Å². The molecule has 0 aromatic heterocycles. The molecule has 120 valence electrons. The molecule has 1 atom stereocenters. The van der Waals surface area contributed by atoms with Crippen LogP contribution in [0.4, 0.5) is 0 Å². The molecule has 0 bridgehead atoms. The summed E-state index contributed by atoms with van der Waals surface area (Å²) in [5.74, 6) is 0.0725. The van der Waals surface area contributed by atoms with Crippen molar-refractivity contribution in [3.05, 3.63) is 0 Å². The van der Waals surface area contributed by atoms with Crippen molar-refractivity contribution in [3.63, 3.8) is 0 Å². The molecule has 0 aromatic carbocycles. The second kappa shape index (κ2) is 11.6. The molecule has 0 rings (SSSR count). The summed E-state index contributed by atoms with van der Waals surface area (Å²) in [6.45, 7) is 3.58. The van der Waals surface area contributed by atoms with Gasteiger partial charge in [0.25, 0.3) is 0 Å². The third-order valence-electron chi connectivity index (χ3n) is 3.64. The smallest absolute Gasteiger partial charge is 0.239 e. The van der Waals surface area contributed by atoms with Crippen molar-refractivity contribution in [1.82, 2.24) is 0 Å². The number of hydrogen-bond acceptors (Lipinski definition) is 3. The van der Waals surface area contributed by atoms with E-state index in [1.807, 2.05) is 0 Å². The first-order valence-electron chi connectivity index (χ1n) is 7.82. The maximum absolute atomic E-state index is 11.7. The van der Waals surface area contributed by atoms with E-state index in [1.165, 1.54) is 51.9 Å².